The summed E-state index contributed by atoms with van der Waals surface area (Å²) in [5.41, 5.74) is 2.73. The number of halogens is 1. The van der Waals surface area contributed by atoms with E-state index >= 15 is 0 Å². The molecule has 0 aliphatic carbocycles. The second-order valence-electron chi connectivity index (χ2n) is 5.99. The molecule has 0 fully saturated rings. The molecule has 2 aromatic rings. The van der Waals surface area contributed by atoms with E-state index in [1.807, 2.05) is 69.3 Å². The highest BCUT2D eigenvalue weighted by atomic mass is 79.9. The fourth-order valence-electron chi connectivity index (χ4n) is 2.50. The molecule has 0 heterocycles. The van der Waals surface area contributed by atoms with Crippen molar-refractivity contribution < 1.29 is 9.53 Å². The summed E-state index contributed by atoms with van der Waals surface area (Å²) in [6.07, 6.45) is 1.41. The van der Waals surface area contributed by atoms with E-state index in [0.717, 1.165) is 27.0 Å². The van der Waals surface area contributed by atoms with Crippen molar-refractivity contribution >= 4 is 27.5 Å². The molecule has 0 saturated heterocycles. The first-order valence-electron chi connectivity index (χ1n) is 8.61. The quantitative estimate of drug-likeness (QED) is 0.488. The average molecular weight is 428 g/mol. The second-order valence-corrected chi connectivity index (χ2v) is 6.91. The van der Waals surface area contributed by atoms with Crippen LogP contribution < -0.4 is 15.4 Å². The Morgan fingerprint density at radius 1 is 1.30 bits per heavy atom. The maximum Gasteiger partial charge on any atom is 0.263 e. The summed E-state index contributed by atoms with van der Waals surface area (Å²) in [6.45, 7) is 6.30. The van der Waals surface area contributed by atoms with Gasteiger partial charge in [-0.3, -0.25) is 4.79 Å². The van der Waals surface area contributed by atoms with Crippen LogP contribution in [-0.2, 0) is 4.79 Å². The lowest BCUT2D eigenvalue weighted by atomic mass is 10.0. The number of aryl methyl sites for hydroxylation is 1. The zero-order valence-corrected chi connectivity index (χ0v) is 17.1. The molecule has 6 heteroatoms. The zero-order valence-electron chi connectivity index (χ0n) is 15.5. The van der Waals surface area contributed by atoms with Crippen LogP contribution in [0.15, 0.2) is 58.7 Å². The first kappa shape index (κ1) is 20.5. The molecule has 5 nitrogen and oxygen atoms in total. The van der Waals surface area contributed by atoms with Gasteiger partial charge in [0.1, 0.15) is 17.4 Å². The zero-order chi connectivity index (χ0) is 19.8. The minimum atomic E-state index is -0.446. The summed E-state index contributed by atoms with van der Waals surface area (Å²) in [7, 11) is 0. The van der Waals surface area contributed by atoms with Gasteiger partial charge in [0, 0.05) is 21.9 Å². The molecule has 1 amide bonds. The number of rotatable bonds is 7. The van der Waals surface area contributed by atoms with E-state index in [0.29, 0.717) is 6.61 Å². The first-order chi connectivity index (χ1) is 12.9. The van der Waals surface area contributed by atoms with Crippen molar-refractivity contribution in [3.8, 4) is 11.8 Å². The number of hydrogen-bond donors (Lipinski definition) is 2. The van der Waals surface area contributed by atoms with E-state index in [9.17, 15) is 10.1 Å². The molecule has 0 saturated carbocycles. The Bertz CT molecular complexity index is 870. The molecule has 0 aromatic heterocycles. The Morgan fingerprint density at radius 3 is 2.63 bits per heavy atom. The number of anilines is 1. The Hall–Kier alpha value is -2.78. The molecule has 2 N–H and O–H groups in total. The maximum atomic E-state index is 12.5. The van der Waals surface area contributed by atoms with Crippen molar-refractivity contribution in [2.75, 3.05) is 11.9 Å². The van der Waals surface area contributed by atoms with E-state index in [-0.39, 0.29) is 11.6 Å². The fraction of sp³-hybridized carbons (Fsp3) is 0.238. The molecular weight excluding hydrogens is 406 g/mol. The highest BCUT2D eigenvalue weighted by molar-refractivity contribution is 9.10. The molecule has 2 rings (SSSR count). The van der Waals surface area contributed by atoms with Gasteiger partial charge < -0.3 is 15.4 Å². The van der Waals surface area contributed by atoms with E-state index in [1.54, 1.807) is 0 Å². The molecule has 2 aromatic carbocycles. The van der Waals surface area contributed by atoms with E-state index < -0.39 is 5.91 Å². The van der Waals surface area contributed by atoms with E-state index in [1.165, 1.54) is 6.20 Å². The van der Waals surface area contributed by atoms with Crippen LogP contribution in [0.25, 0.3) is 0 Å². The van der Waals surface area contributed by atoms with Crippen LogP contribution in [0.1, 0.15) is 31.0 Å². The Morgan fingerprint density at radius 2 is 2.00 bits per heavy atom. The molecule has 140 valence electrons. The smallest absolute Gasteiger partial charge is 0.263 e. The van der Waals surface area contributed by atoms with Crippen molar-refractivity contribution in [1.82, 2.24) is 5.32 Å². The maximum absolute atomic E-state index is 12.5. The average Bonchev–Trinajstić information content (AvgIpc) is 2.65. The standard InChI is InChI=1S/C21H22BrN3O2/c1-4-27-20-10-5-14(2)11-19(20)15(3)25-21(26)16(12-23)13-24-18-8-6-17(22)7-9-18/h5-11,13,15,24H,4H2,1-3H3,(H,25,26)/b16-13-. The largest absolute Gasteiger partial charge is 0.494 e. The third-order valence-electron chi connectivity index (χ3n) is 3.87. The van der Waals surface area contributed by atoms with Gasteiger partial charge in [-0.2, -0.15) is 5.26 Å². The number of carbonyl (C=O) groups excluding carboxylic acids is 1. The number of amides is 1. The second kappa shape index (κ2) is 9.79. The first-order valence-corrected chi connectivity index (χ1v) is 9.40. The van der Waals surface area contributed by atoms with Gasteiger partial charge in [0.25, 0.3) is 5.91 Å². The summed E-state index contributed by atoms with van der Waals surface area (Å²) >= 11 is 3.36. The van der Waals surface area contributed by atoms with Gasteiger partial charge in [-0.15, -0.1) is 0 Å². The molecule has 0 bridgehead atoms. The van der Waals surface area contributed by atoms with Crippen molar-refractivity contribution in [2.24, 2.45) is 0 Å². The van der Waals surface area contributed by atoms with Crippen LogP contribution in [0.4, 0.5) is 5.69 Å². The highest BCUT2D eigenvalue weighted by Gasteiger charge is 2.17. The summed E-state index contributed by atoms with van der Waals surface area (Å²) < 4.78 is 6.60. The van der Waals surface area contributed by atoms with Gasteiger partial charge in [-0.05, 0) is 51.1 Å². The topological polar surface area (TPSA) is 74.1 Å². The number of nitrogens with zero attached hydrogens (tertiary/aromatic N) is 1. The number of hydrogen-bond acceptors (Lipinski definition) is 4. The monoisotopic (exact) mass is 427 g/mol. The molecule has 0 aliphatic heterocycles. The Balaban J connectivity index is 2.12. The van der Waals surface area contributed by atoms with Crippen molar-refractivity contribution in [2.45, 2.75) is 26.8 Å². The highest BCUT2D eigenvalue weighted by Crippen LogP contribution is 2.26. The van der Waals surface area contributed by atoms with Crippen LogP contribution in [0.5, 0.6) is 5.75 Å². The van der Waals surface area contributed by atoms with Gasteiger partial charge >= 0.3 is 0 Å². The molecule has 0 radical (unpaired) electrons. The number of ether oxygens (including phenoxy) is 1. The number of carbonyl (C=O) groups is 1. The lowest BCUT2D eigenvalue weighted by Crippen LogP contribution is -2.28. The summed E-state index contributed by atoms with van der Waals surface area (Å²) in [5, 5.41) is 15.2. The summed E-state index contributed by atoms with van der Waals surface area (Å²) in [6, 6.07) is 14.9. The fourth-order valence-corrected chi connectivity index (χ4v) is 2.76. The number of benzene rings is 2. The molecule has 0 spiro atoms. The predicted molar refractivity (Wildman–Crippen MR) is 110 cm³/mol. The minimum Gasteiger partial charge on any atom is -0.494 e. The third-order valence-corrected chi connectivity index (χ3v) is 4.40. The van der Waals surface area contributed by atoms with Crippen LogP contribution in [0.3, 0.4) is 0 Å². The molecule has 27 heavy (non-hydrogen) atoms. The van der Waals surface area contributed by atoms with Crippen molar-refractivity contribution in [3.05, 3.63) is 69.8 Å². The van der Waals surface area contributed by atoms with Crippen LogP contribution in [0.2, 0.25) is 0 Å². The molecule has 1 atom stereocenters. The van der Waals surface area contributed by atoms with Crippen LogP contribution in [-0.4, -0.2) is 12.5 Å². The lowest BCUT2D eigenvalue weighted by molar-refractivity contribution is -0.117. The molecule has 0 aliphatic rings. The van der Waals surface area contributed by atoms with Gasteiger partial charge in [-0.1, -0.05) is 33.6 Å². The summed E-state index contributed by atoms with van der Waals surface area (Å²) in [4.78, 5) is 12.5. The van der Waals surface area contributed by atoms with Gasteiger partial charge in [0.2, 0.25) is 0 Å². The van der Waals surface area contributed by atoms with E-state index in [4.69, 9.17) is 4.74 Å². The normalized spacial score (nSPS) is 12.0. The molecule has 1 unspecified atom stereocenters. The lowest BCUT2D eigenvalue weighted by Gasteiger charge is -2.18. The molecular formula is C21H22BrN3O2. The minimum absolute atomic E-state index is 0.00428. The van der Waals surface area contributed by atoms with Crippen molar-refractivity contribution in [1.29, 1.82) is 5.26 Å². The SMILES string of the molecule is CCOc1ccc(C)cc1C(C)NC(=O)/C(C#N)=C\Nc1ccc(Br)cc1. The third kappa shape index (κ3) is 5.87. The van der Waals surface area contributed by atoms with Crippen LogP contribution in [0, 0.1) is 18.3 Å². The van der Waals surface area contributed by atoms with Crippen LogP contribution >= 0.6 is 15.9 Å². The van der Waals surface area contributed by atoms with Gasteiger partial charge in [-0.25, -0.2) is 0 Å². The van der Waals surface area contributed by atoms with E-state index in [2.05, 4.69) is 26.6 Å². The van der Waals surface area contributed by atoms with Gasteiger partial charge in [0.05, 0.1) is 12.6 Å². The number of nitrogens with one attached hydrogen (secondary N) is 2. The summed E-state index contributed by atoms with van der Waals surface area (Å²) in [5.74, 6) is 0.282. The predicted octanol–water partition coefficient (Wildman–Crippen LogP) is 4.85. The van der Waals surface area contributed by atoms with Gasteiger partial charge in [0.15, 0.2) is 0 Å². The van der Waals surface area contributed by atoms with Crippen molar-refractivity contribution in [3.63, 3.8) is 0 Å². The Kier molecular flexibility index (Phi) is 7.44. The number of nitriles is 1. The Labute approximate surface area is 168 Å².